The lowest BCUT2D eigenvalue weighted by Crippen LogP contribution is -2.11. The van der Waals surface area contributed by atoms with E-state index in [4.69, 9.17) is 15.0 Å². The summed E-state index contributed by atoms with van der Waals surface area (Å²) in [4.78, 5) is 30.9. The minimum absolute atomic E-state index is 0.0258. The minimum atomic E-state index is -1.11. The summed E-state index contributed by atoms with van der Waals surface area (Å²) in [5, 5.41) is 20.1. The predicted molar refractivity (Wildman–Crippen MR) is 93.6 cm³/mol. The zero-order chi connectivity index (χ0) is 15.2. The number of amides is 1. The lowest BCUT2D eigenvalue weighted by atomic mass is 10.1. The molecule has 0 atom stereocenters. The van der Waals surface area contributed by atoms with E-state index in [9.17, 15) is 9.59 Å². The molecule has 9 heteroatoms. The van der Waals surface area contributed by atoms with Crippen molar-refractivity contribution < 1.29 is 24.6 Å². The zero-order valence-corrected chi connectivity index (χ0v) is 15.9. The quantitative estimate of drug-likeness (QED) is 0.280. The van der Waals surface area contributed by atoms with Crippen LogP contribution in [0.15, 0.2) is 6.07 Å². The van der Waals surface area contributed by atoms with E-state index in [2.05, 4.69) is 5.32 Å². The third-order valence-corrected chi connectivity index (χ3v) is 5.84. The Hall–Kier alpha value is -0.180. The first kappa shape index (κ1) is 18.8. The number of carboxylic acid groups (broad SMARTS) is 2. The minimum Gasteiger partial charge on any atom is -0.478 e. The topological polar surface area (TPSA) is 104 Å². The van der Waals surface area contributed by atoms with Crippen molar-refractivity contribution in [2.24, 2.45) is 0 Å². The van der Waals surface area contributed by atoms with E-state index in [1.165, 1.54) is 6.07 Å². The second-order valence-electron chi connectivity index (χ2n) is 2.93. The highest BCUT2D eigenvalue weighted by atomic mass is 127. The van der Waals surface area contributed by atoms with Crippen LogP contribution in [0.5, 0.6) is 0 Å². The van der Waals surface area contributed by atoms with Crippen molar-refractivity contribution in [2.45, 2.75) is 0 Å². The van der Waals surface area contributed by atoms with E-state index in [0.717, 1.165) is 0 Å². The Morgan fingerprint density at radius 2 is 1.63 bits per heavy atom. The van der Waals surface area contributed by atoms with Gasteiger partial charge in [-0.3, -0.25) is 4.79 Å². The van der Waals surface area contributed by atoms with Crippen LogP contribution in [-0.4, -0.2) is 35.6 Å². The van der Waals surface area contributed by atoms with Gasteiger partial charge in [-0.2, -0.15) is 0 Å². The molecule has 0 saturated heterocycles. The van der Waals surface area contributed by atoms with Crippen LogP contribution in [0.4, 0.5) is 0 Å². The third kappa shape index (κ3) is 5.37. The van der Waals surface area contributed by atoms with Crippen LogP contribution in [0, 0.1) is 10.7 Å². The Kier molecular flexibility index (Phi) is 8.80. The van der Waals surface area contributed by atoms with Crippen molar-refractivity contribution in [1.29, 1.82) is 0 Å². The highest BCUT2D eigenvalue weighted by molar-refractivity contribution is 14.1. The summed E-state index contributed by atoms with van der Waals surface area (Å²) < 4.78 is 1.45. The van der Waals surface area contributed by atoms with Gasteiger partial charge in [-0.05, 0) is 73.8 Å². The Bertz CT molecular complexity index is 518. The standard InChI is InChI=1S/C8H3I3O4.C2H5NO/c9-3-1-2(7(12)13)5(10)4(6(3)11)8(14)15;1-3-2-4/h1H,(H,12,13)(H,14,15);2H,1H3,(H,3,4). The molecule has 0 fully saturated rings. The van der Waals surface area contributed by atoms with Crippen molar-refractivity contribution in [3.8, 4) is 0 Å². The number of hydrogen-bond donors (Lipinski definition) is 3. The summed E-state index contributed by atoms with van der Waals surface area (Å²) in [6.07, 6.45) is 0.625. The van der Waals surface area contributed by atoms with E-state index in [1.807, 2.05) is 45.2 Å². The molecule has 6 nitrogen and oxygen atoms in total. The maximum Gasteiger partial charge on any atom is 0.337 e. The molecule has 19 heavy (non-hydrogen) atoms. The number of carboxylic acids is 2. The molecule has 0 aliphatic heterocycles. The summed E-state index contributed by atoms with van der Waals surface area (Å²) >= 11 is 5.57. The van der Waals surface area contributed by atoms with E-state index >= 15 is 0 Å². The fourth-order valence-electron chi connectivity index (χ4n) is 0.947. The molecule has 3 N–H and O–H groups in total. The molecule has 0 unspecified atom stereocenters. The van der Waals surface area contributed by atoms with Gasteiger partial charge in [-0.25, -0.2) is 9.59 Å². The van der Waals surface area contributed by atoms with Crippen molar-refractivity contribution in [1.82, 2.24) is 5.32 Å². The summed E-state index contributed by atoms with van der Waals surface area (Å²) in [7, 11) is 1.56. The average Bonchev–Trinajstić information content (AvgIpc) is 2.33. The van der Waals surface area contributed by atoms with Gasteiger partial charge in [0.15, 0.2) is 0 Å². The van der Waals surface area contributed by atoms with E-state index in [1.54, 1.807) is 29.6 Å². The molecular formula is C10H8I3NO5. The maximum atomic E-state index is 11.0. The second-order valence-corrected chi connectivity index (χ2v) is 6.25. The van der Waals surface area contributed by atoms with Crippen LogP contribution >= 0.6 is 67.8 Å². The zero-order valence-electron chi connectivity index (χ0n) is 9.41. The molecule has 1 amide bonds. The SMILES string of the molecule is CNC=O.O=C(O)c1cc(I)c(I)c(C(=O)O)c1I. The average molecular weight is 603 g/mol. The molecule has 1 aromatic carbocycles. The predicted octanol–water partition coefficient (Wildman–Crippen LogP) is 2.26. The molecule has 0 radical (unpaired) electrons. The van der Waals surface area contributed by atoms with Gasteiger partial charge in [0.05, 0.1) is 11.1 Å². The number of carbonyl (C=O) groups excluding carboxylic acids is 1. The highest BCUT2D eigenvalue weighted by Gasteiger charge is 2.21. The van der Waals surface area contributed by atoms with Crippen LogP contribution in [0.1, 0.15) is 20.7 Å². The summed E-state index contributed by atoms with van der Waals surface area (Å²) in [6, 6.07) is 1.47. The van der Waals surface area contributed by atoms with Crippen molar-refractivity contribution in [3.05, 3.63) is 27.9 Å². The van der Waals surface area contributed by atoms with Gasteiger partial charge in [0.25, 0.3) is 0 Å². The van der Waals surface area contributed by atoms with Crippen LogP contribution in [0.3, 0.4) is 0 Å². The van der Waals surface area contributed by atoms with E-state index < -0.39 is 11.9 Å². The Balaban J connectivity index is 0.000000711. The Morgan fingerprint density at radius 1 is 1.16 bits per heavy atom. The first-order valence-electron chi connectivity index (χ1n) is 4.52. The molecule has 1 aromatic rings. The Morgan fingerprint density at radius 3 is 1.95 bits per heavy atom. The van der Waals surface area contributed by atoms with Gasteiger partial charge in [-0.1, -0.05) is 0 Å². The summed E-state index contributed by atoms with van der Waals surface area (Å²) in [6.45, 7) is 0. The van der Waals surface area contributed by atoms with Gasteiger partial charge < -0.3 is 15.5 Å². The van der Waals surface area contributed by atoms with Crippen molar-refractivity contribution in [2.75, 3.05) is 7.05 Å². The first-order chi connectivity index (χ1) is 8.77. The van der Waals surface area contributed by atoms with Crippen LogP contribution < -0.4 is 5.32 Å². The first-order valence-corrected chi connectivity index (χ1v) is 7.76. The number of carbonyl (C=O) groups is 3. The van der Waals surface area contributed by atoms with Gasteiger partial charge in [0.2, 0.25) is 6.41 Å². The van der Waals surface area contributed by atoms with E-state index in [-0.39, 0.29) is 14.7 Å². The second kappa shape index (κ2) is 8.89. The van der Waals surface area contributed by atoms with Gasteiger partial charge >= 0.3 is 11.9 Å². The van der Waals surface area contributed by atoms with E-state index in [0.29, 0.717) is 13.6 Å². The molecule has 0 spiro atoms. The molecule has 0 aromatic heterocycles. The molecule has 104 valence electrons. The molecule has 0 heterocycles. The number of benzene rings is 1. The van der Waals surface area contributed by atoms with Crippen LogP contribution in [0.25, 0.3) is 0 Å². The largest absolute Gasteiger partial charge is 0.478 e. The molecule has 1 rings (SSSR count). The van der Waals surface area contributed by atoms with Gasteiger partial charge in [0, 0.05) is 17.8 Å². The number of halogens is 3. The lowest BCUT2D eigenvalue weighted by molar-refractivity contribution is -0.109. The summed E-state index contributed by atoms with van der Waals surface area (Å²) in [5.74, 6) is -2.22. The van der Waals surface area contributed by atoms with Crippen LogP contribution in [0.2, 0.25) is 0 Å². The lowest BCUT2D eigenvalue weighted by Gasteiger charge is -2.08. The molecule has 0 aliphatic rings. The molecule has 0 saturated carbocycles. The Labute approximate surface area is 149 Å². The molecule has 0 aliphatic carbocycles. The number of aromatic carboxylic acids is 2. The molecular weight excluding hydrogens is 595 g/mol. The normalized spacial score (nSPS) is 9.05. The smallest absolute Gasteiger partial charge is 0.337 e. The van der Waals surface area contributed by atoms with Crippen molar-refractivity contribution >= 4 is 86.1 Å². The number of hydrogen-bond acceptors (Lipinski definition) is 3. The third-order valence-electron chi connectivity index (χ3n) is 1.72. The fraction of sp³-hybridized carbons (Fsp3) is 0.100. The molecule has 0 bridgehead atoms. The van der Waals surface area contributed by atoms with Gasteiger partial charge in [0.1, 0.15) is 0 Å². The summed E-state index contributed by atoms with van der Waals surface area (Å²) in [5.41, 5.74) is 0.0818. The maximum absolute atomic E-state index is 11.0. The fourth-order valence-corrected chi connectivity index (χ4v) is 3.59. The number of rotatable bonds is 3. The number of nitrogens with one attached hydrogen (secondary N) is 1. The van der Waals surface area contributed by atoms with Gasteiger partial charge in [-0.15, -0.1) is 0 Å². The monoisotopic (exact) mass is 603 g/mol. The van der Waals surface area contributed by atoms with Crippen molar-refractivity contribution in [3.63, 3.8) is 0 Å². The van der Waals surface area contributed by atoms with Crippen LogP contribution in [-0.2, 0) is 4.79 Å². The highest BCUT2D eigenvalue weighted by Crippen LogP contribution is 2.27.